The molecule has 1 fully saturated rings. The number of amides is 1. The fourth-order valence-corrected chi connectivity index (χ4v) is 6.54. The molecule has 1 amide bonds. The van der Waals surface area contributed by atoms with Crippen molar-refractivity contribution in [1.29, 1.82) is 0 Å². The van der Waals surface area contributed by atoms with Crippen LogP contribution in [0.3, 0.4) is 0 Å². The van der Waals surface area contributed by atoms with Crippen molar-refractivity contribution in [3.63, 3.8) is 0 Å². The third-order valence-corrected chi connectivity index (χ3v) is 9.81. The Morgan fingerprint density at radius 3 is 2.35 bits per heavy atom. The molecule has 0 atom stereocenters. The molecule has 2 N–H and O–H groups in total. The van der Waals surface area contributed by atoms with Gasteiger partial charge in [0.25, 0.3) is 15.6 Å². The van der Waals surface area contributed by atoms with Crippen LogP contribution in [0.15, 0.2) is 58.6 Å². The molecule has 0 aliphatic carbocycles. The van der Waals surface area contributed by atoms with Crippen molar-refractivity contribution in [1.82, 2.24) is 33.0 Å². The van der Waals surface area contributed by atoms with Gasteiger partial charge in [-0.15, -0.1) is 9.19 Å². The van der Waals surface area contributed by atoms with E-state index in [1.165, 1.54) is 45.5 Å². The number of fused-ring (bicyclic) bond motifs is 1. The largest absolute Gasteiger partial charge is 0.351 e. The predicted molar refractivity (Wildman–Crippen MR) is 159 cm³/mol. The van der Waals surface area contributed by atoms with Crippen molar-refractivity contribution in [2.24, 2.45) is 0 Å². The van der Waals surface area contributed by atoms with E-state index < -0.39 is 31.5 Å². The number of nitrogens with zero attached hydrogens (tertiary/aromatic N) is 7. The molecule has 0 bridgehead atoms. The van der Waals surface area contributed by atoms with E-state index in [0.717, 1.165) is 10.4 Å². The van der Waals surface area contributed by atoms with E-state index in [2.05, 4.69) is 30.7 Å². The van der Waals surface area contributed by atoms with Gasteiger partial charge in [0.2, 0.25) is 21.9 Å². The molecule has 1 aliphatic heterocycles. The summed E-state index contributed by atoms with van der Waals surface area (Å²) < 4.78 is 52.8. The van der Waals surface area contributed by atoms with Crippen molar-refractivity contribution in [3.8, 4) is 0 Å². The van der Waals surface area contributed by atoms with E-state index >= 15 is 0 Å². The van der Waals surface area contributed by atoms with Crippen molar-refractivity contribution in [2.75, 3.05) is 30.0 Å². The third-order valence-electron chi connectivity index (χ3n) is 6.97. The van der Waals surface area contributed by atoms with Crippen LogP contribution >= 0.6 is 0 Å². The van der Waals surface area contributed by atoms with Crippen LogP contribution in [0.5, 0.6) is 0 Å². The van der Waals surface area contributed by atoms with Gasteiger partial charge in [0.15, 0.2) is 5.82 Å². The van der Waals surface area contributed by atoms with Gasteiger partial charge in [-0.25, -0.2) is 22.7 Å². The lowest BCUT2D eigenvalue weighted by atomic mass is 10.1. The smallest absolute Gasteiger partial charge is 0.284 e. The SMILES string of the molecule is CC(C)c1ncn(S(=O)(=O)c2ccc(NC(=O)Cn3c(=O)ccc4cnc(NC5CCN(S(C)(=O)=O)CC5)nc43)cc2)n1. The Morgan fingerprint density at radius 2 is 1.72 bits per heavy atom. The summed E-state index contributed by atoms with van der Waals surface area (Å²) in [6.07, 6.45) is 5.01. The molecule has 0 spiro atoms. The lowest BCUT2D eigenvalue weighted by Crippen LogP contribution is -2.42. The maximum absolute atomic E-state index is 12.9. The Balaban J connectivity index is 1.28. The van der Waals surface area contributed by atoms with Crippen LogP contribution in [0, 0.1) is 0 Å². The van der Waals surface area contributed by atoms with Crippen LogP contribution in [0.2, 0.25) is 0 Å². The predicted octanol–water partition coefficient (Wildman–Crippen LogP) is 1.22. The second kappa shape index (κ2) is 11.8. The molecule has 17 heteroatoms. The molecule has 5 rings (SSSR count). The average molecular weight is 630 g/mol. The molecule has 1 saturated heterocycles. The summed E-state index contributed by atoms with van der Waals surface area (Å²) in [4.78, 5) is 38.5. The number of carbonyl (C=O) groups excluding carboxylic acids is 1. The fourth-order valence-electron chi connectivity index (χ4n) is 4.61. The summed E-state index contributed by atoms with van der Waals surface area (Å²) in [6, 6.07) is 8.40. The number of benzene rings is 1. The molecule has 15 nitrogen and oxygen atoms in total. The van der Waals surface area contributed by atoms with Crippen LogP contribution in [-0.2, 0) is 31.4 Å². The molecule has 0 saturated carbocycles. The van der Waals surface area contributed by atoms with E-state index in [4.69, 9.17) is 0 Å². The number of anilines is 2. The van der Waals surface area contributed by atoms with E-state index in [-0.39, 0.29) is 35.0 Å². The van der Waals surface area contributed by atoms with Gasteiger partial charge in [-0.1, -0.05) is 13.8 Å². The number of rotatable bonds is 9. The highest BCUT2D eigenvalue weighted by molar-refractivity contribution is 7.89. The van der Waals surface area contributed by atoms with E-state index in [0.29, 0.717) is 42.8 Å². The van der Waals surface area contributed by atoms with Gasteiger partial charge >= 0.3 is 0 Å². The zero-order chi connectivity index (χ0) is 30.9. The number of sulfonamides is 1. The third kappa shape index (κ3) is 6.73. The van der Waals surface area contributed by atoms with Gasteiger partial charge in [0, 0.05) is 48.4 Å². The molecule has 1 aliphatic rings. The maximum Gasteiger partial charge on any atom is 0.284 e. The van der Waals surface area contributed by atoms with Crippen molar-refractivity contribution in [3.05, 3.63) is 65.1 Å². The van der Waals surface area contributed by atoms with Crippen LogP contribution < -0.4 is 16.2 Å². The first-order chi connectivity index (χ1) is 20.3. The number of hydrogen-bond donors (Lipinski definition) is 2. The minimum atomic E-state index is -3.96. The number of piperidine rings is 1. The van der Waals surface area contributed by atoms with E-state index in [1.54, 1.807) is 12.3 Å². The summed E-state index contributed by atoms with van der Waals surface area (Å²) in [5.74, 6) is 0.100. The summed E-state index contributed by atoms with van der Waals surface area (Å²) in [7, 11) is -7.22. The molecule has 43 heavy (non-hydrogen) atoms. The minimum absolute atomic E-state index is 0.0327. The Morgan fingerprint density at radius 1 is 1.02 bits per heavy atom. The number of aromatic nitrogens is 6. The van der Waals surface area contributed by atoms with Crippen LogP contribution in [0.4, 0.5) is 11.6 Å². The first-order valence-corrected chi connectivity index (χ1v) is 16.8. The van der Waals surface area contributed by atoms with Gasteiger partial charge in [-0.2, -0.15) is 13.4 Å². The monoisotopic (exact) mass is 629 g/mol. The summed E-state index contributed by atoms with van der Waals surface area (Å²) in [6.45, 7) is 4.11. The van der Waals surface area contributed by atoms with Gasteiger partial charge in [0.1, 0.15) is 18.5 Å². The second-order valence-corrected chi connectivity index (χ2v) is 14.3. The molecular weight excluding hydrogens is 598 g/mol. The minimum Gasteiger partial charge on any atom is -0.351 e. The molecule has 3 aromatic heterocycles. The lowest BCUT2D eigenvalue weighted by molar-refractivity contribution is -0.116. The molecular formula is C26H31N9O6S2. The van der Waals surface area contributed by atoms with Gasteiger partial charge in [-0.05, 0) is 43.2 Å². The highest BCUT2D eigenvalue weighted by atomic mass is 32.2. The number of nitrogens with one attached hydrogen (secondary N) is 2. The molecule has 228 valence electrons. The van der Waals surface area contributed by atoms with Crippen LogP contribution in [0.1, 0.15) is 38.4 Å². The number of carbonyl (C=O) groups is 1. The van der Waals surface area contributed by atoms with Crippen LogP contribution in [-0.4, -0.2) is 81.1 Å². The summed E-state index contributed by atoms with van der Waals surface area (Å²) >= 11 is 0. The van der Waals surface area contributed by atoms with Gasteiger partial charge < -0.3 is 10.6 Å². The first kappa shape index (κ1) is 30.2. The highest BCUT2D eigenvalue weighted by Crippen LogP contribution is 2.20. The Labute approximate surface area is 248 Å². The Kier molecular flexibility index (Phi) is 8.31. The topological polar surface area (TPSA) is 191 Å². The van der Waals surface area contributed by atoms with Crippen molar-refractivity contribution < 1.29 is 21.6 Å². The molecule has 4 aromatic rings. The standard InChI is InChI=1S/C26H31N9O6S2/c1-17(2)24-28-16-35(32-24)43(40,41)21-7-5-19(6-8-21)29-22(36)15-34-23(37)9-4-18-14-27-26(31-25(18)34)30-20-10-12-33(13-11-20)42(3,38)39/h4-9,14,16-17,20H,10-13,15H2,1-3H3,(H,29,36)(H,27,30,31). The zero-order valence-corrected chi connectivity index (χ0v) is 25.3. The molecule has 0 unspecified atom stereocenters. The van der Waals surface area contributed by atoms with Gasteiger partial charge in [-0.3, -0.25) is 14.2 Å². The quantitative estimate of drug-likeness (QED) is 0.271. The Bertz CT molecular complexity index is 1930. The van der Waals surface area contributed by atoms with E-state index in [9.17, 15) is 26.4 Å². The summed E-state index contributed by atoms with van der Waals surface area (Å²) in [5.41, 5.74) is 0.142. The lowest BCUT2D eigenvalue weighted by Gasteiger charge is -2.30. The number of pyridine rings is 1. The van der Waals surface area contributed by atoms with E-state index in [1.807, 2.05) is 13.8 Å². The van der Waals surface area contributed by atoms with Crippen molar-refractivity contribution in [2.45, 2.75) is 50.1 Å². The number of hydrogen-bond acceptors (Lipinski definition) is 11. The molecule has 0 radical (unpaired) electrons. The molecule has 1 aromatic carbocycles. The molecule has 4 heterocycles. The Hall–Kier alpha value is -4.22. The maximum atomic E-state index is 12.9. The summed E-state index contributed by atoms with van der Waals surface area (Å²) in [5, 5.41) is 10.5. The first-order valence-electron chi connectivity index (χ1n) is 13.5. The van der Waals surface area contributed by atoms with Gasteiger partial charge in [0.05, 0.1) is 11.2 Å². The normalized spacial score (nSPS) is 15.2. The van der Waals surface area contributed by atoms with Crippen molar-refractivity contribution >= 4 is 48.6 Å². The highest BCUT2D eigenvalue weighted by Gasteiger charge is 2.25. The second-order valence-electron chi connectivity index (χ2n) is 10.5. The zero-order valence-electron chi connectivity index (χ0n) is 23.7. The average Bonchev–Trinajstić information content (AvgIpc) is 3.47. The van der Waals surface area contributed by atoms with Crippen LogP contribution in [0.25, 0.3) is 11.0 Å². The fraction of sp³-hybridized carbons (Fsp3) is 0.385.